The summed E-state index contributed by atoms with van der Waals surface area (Å²) in [5.74, 6) is 0. The van der Waals surface area contributed by atoms with E-state index in [4.69, 9.17) is 5.73 Å². The van der Waals surface area contributed by atoms with Crippen molar-refractivity contribution in [2.24, 2.45) is 5.73 Å². The van der Waals surface area contributed by atoms with Gasteiger partial charge in [-0.25, -0.2) is 0 Å². The third-order valence-electron chi connectivity index (χ3n) is 1.41. The molecule has 0 aliphatic heterocycles. The molecule has 0 saturated carbocycles. The monoisotopic (exact) mass is 159 g/mol. The number of hydrogen-bond donors (Lipinski definition) is 1. The van der Waals surface area contributed by atoms with Crippen molar-refractivity contribution in [2.75, 3.05) is 0 Å². The van der Waals surface area contributed by atoms with Gasteiger partial charge in [0.05, 0.1) is 0 Å². The average molecular weight is 159 g/mol. The molecule has 0 radical (unpaired) electrons. The fraction of sp³-hybridized carbons (Fsp3) is 0.182. The largest absolute Gasteiger partial charge is 0.324 e. The number of rotatable bonds is 2. The molecule has 1 aromatic rings. The van der Waals surface area contributed by atoms with Gasteiger partial charge in [-0.3, -0.25) is 0 Å². The van der Waals surface area contributed by atoms with Crippen LogP contribution in [-0.2, 0) is 0 Å². The molecule has 0 saturated heterocycles. The highest BCUT2D eigenvalue weighted by Gasteiger charge is 1.81. The summed E-state index contributed by atoms with van der Waals surface area (Å²) in [4.78, 5) is 0. The van der Waals surface area contributed by atoms with Gasteiger partial charge in [0.25, 0.3) is 0 Å². The van der Waals surface area contributed by atoms with E-state index in [2.05, 4.69) is 5.73 Å². The van der Waals surface area contributed by atoms with Crippen LogP contribution in [0.4, 0.5) is 0 Å². The molecule has 0 heterocycles. The van der Waals surface area contributed by atoms with E-state index in [1.165, 1.54) is 0 Å². The Kier molecular flexibility index (Phi) is 3.34. The zero-order chi connectivity index (χ0) is 8.81. The van der Waals surface area contributed by atoms with Gasteiger partial charge in [0, 0.05) is 6.04 Å². The minimum absolute atomic E-state index is 0.0740. The predicted molar refractivity (Wildman–Crippen MR) is 52.6 cm³/mol. The van der Waals surface area contributed by atoms with Crippen LogP contribution >= 0.6 is 0 Å². The molecule has 12 heavy (non-hydrogen) atoms. The highest BCUT2D eigenvalue weighted by Crippen LogP contribution is 1.99. The fourth-order valence-corrected chi connectivity index (χ4v) is 0.845. The molecule has 0 amide bonds. The molecule has 2 N–H and O–H groups in total. The third kappa shape index (κ3) is 3.20. The van der Waals surface area contributed by atoms with Crippen molar-refractivity contribution in [3.63, 3.8) is 0 Å². The van der Waals surface area contributed by atoms with Crippen molar-refractivity contribution in [1.29, 1.82) is 0 Å². The zero-order valence-corrected chi connectivity index (χ0v) is 7.20. The van der Waals surface area contributed by atoms with E-state index in [0.29, 0.717) is 0 Å². The standard InChI is InChI=1S/C11H13N/c1-10(12)6-5-9-11-7-3-2-4-8-11/h2-4,6-10H,12H2,1H3. The summed E-state index contributed by atoms with van der Waals surface area (Å²) < 4.78 is 0. The van der Waals surface area contributed by atoms with E-state index in [1.54, 1.807) is 0 Å². The topological polar surface area (TPSA) is 26.0 Å². The van der Waals surface area contributed by atoms with Crippen molar-refractivity contribution in [1.82, 2.24) is 0 Å². The molecule has 1 heteroatoms. The molecule has 0 aliphatic carbocycles. The maximum absolute atomic E-state index is 5.52. The first-order chi connectivity index (χ1) is 5.79. The minimum Gasteiger partial charge on any atom is -0.324 e. The Balaban J connectivity index is 2.70. The lowest BCUT2D eigenvalue weighted by Gasteiger charge is -1.89. The molecule has 1 nitrogen and oxygen atoms in total. The second kappa shape index (κ2) is 4.55. The summed E-state index contributed by atoms with van der Waals surface area (Å²) in [6.07, 6.45) is 3.76. The first-order valence-electron chi connectivity index (χ1n) is 4.02. The van der Waals surface area contributed by atoms with Gasteiger partial charge in [0.15, 0.2) is 0 Å². The van der Waals surface area contributed by atoms with E-state index < -0.39 is 0 Å². The van der Waals surface area contributed by atoms with E-state index in [9.17, 15) is 0 Å². The summed E-state index contributed by atoms with van der Waals surface area (Å²) >= 11 is 0. The highest BCUT2D eigenvalue weighted by atomic mass is 14.6. The lowest BCUT2D eigenvalue weighted by Crippen LogP contribution is -2.09. The Morgan fingerprint density at radius 1 is 1.33 bits per heavy atom. The van der Waals surface area contributed by atoms with Gasteiger partial charge in [-0.2, -0.15) is 0 Å². The van der Waals surface area contributed by atoms with Crippen LogP contribution in [0.3, 0.4) is 0 Å². The second-order valence-corrected chi connectivity index (χ2v) is 2.75. The lowest BCUT2D eigenvalue weighted by atomic mass is 10.2. The molecule has 0 aromatic heterocycles. The van der Waals surface area contributed by atoms with E-state index in [1.807, 2.05) is 49.4 Å². The fourth-order valence-electron chi connectivity index (χ4n) is 0.845. The molecule has 1 atom stereocenters. The molecule has 0 spiro atoms. The van der Waals surface area contributed by atoms with Crippen LogP contribution < -0.4 is 5.73 Å². The Morgan fingerprint density at radius 2 is 2.00 bits per heavy atom. The van der Waals surface area contributed by atoms with Crippen LogP contribution in [-0.4, -0.2) is 6.04 Å². The van der Waals surface area contributed by atoms with Gasteiger partial charge < -0.3 is 5.73 Å². The van der Waals surface area contributed by atoms with Crippen molar-refractivity contribution < 1.29 is 0 Å². The Bertz CT molecular complexity index is 279. The summed E-state index contributed by atoms with van der Waals surface area (Å²) in [5, 5.41) is 0. The summed E-state index contributed by atoms with van der Waals surface area (Å²) in [6, 6.07) is 10.1. The Labute approximate surface area is 73.2 Å². The van der Waals surface area contributed by atoms with Crippen molar-refractivity contribution in [3.05, 3.63) is 47.7 Å². The highest BCUT2D eigenvalue weighted by molar-refractivity contribution is 5.48. The van der Waals surface area contributed by atoms with Crippen LogP contribution in [0.2, 0.25) is 0 Å². The van der Waals surface area contributed by atoms with Crippen LogP contribution in [0.1, 0.15) is 12.5 Å². The van der Waals surface area contributed by atoms with Gasteiger partial charge in [0.2, 0.25) is 0 Å². The smallest absolute Gasteiger partial charge is 0.0270 e. The summed E-state index contributed by atoms with van der Waals surface area (Å²) in [7, 11) is 0. The van der Waals surface area contributed by atoms with Gasteiger partial charge >= 0.3 is 0 Å². The maximum atomic E-state index is 5.52. The number of hydrogen-bond acceptors (Lipinski definition) is 1. The molecule has 62 valence electrons. The number of nitrogens with two attached hydrogens (primary N) is 1. The first kappa shape index (κ1) is 8.79. The van der Waals surface area contributed by atoms with Crippen LogP contribution in [0.5, 0.6) is 0 Å². The molecular formula is C11H13N. The second-order valence-electron chi connectivity index (χ2n) is 2.75. The zero-order valence-electron chi connectivity index (χ0n) is 7.20. The van der Waals surface area contributed by atoms with Crippen molar-refractivity contribution >= 4 is 6.08 Å². The van der Waals surface area contributed by atoms with Crippen molar-refractivity contribution in [3.8, 4) is 0 Å². The van der Waals surface area contributed by atoms with Gasteiger partial charge in [-0.05, 0) is 24.6 Å². The summed E-state index contributed by atoms with van der Waals surface area (Å²) in [6.45, 7) is 1.92. The van der Waals surface area contributed by atoms with E-state index in [0.717, 1.165) is 5.56 Å². The van der Waals surface area contributed by atoms with Crippen molar-refractivity contribution in [2.45, 2.75) is 13.0 Å². The predicted octanol–water partition coefficient (Wildman–Crippen LogP) is 2.20. The molecule has 1 unspecified atom stereocenters. The van der Waals surface area contributed by atoms with Crippen LogP contribution in [0.15, 0.2) is 42.1 Å². The Hall–Kier alpha value is -1.30. The third-order valence-corrected chi connectivity index (χ3v) is 1.41. The van der Waals surface area contributed by atoms with Gasteiger partial charge in [0.1, 0.15) is 0 Å². The molecule has 1 rings (SSSR count). The minimum atomic E-state index is 0.0740. The van der Waals surface area contributed by atoms with E-state index in [-0.39, 0.29) is 6.04 Å². The summed E-state index contributed by atoms with van der Waals surface area (Å²) in [5.41, 5.74) is 9.69. The first-order valence-corrected chi connectivity index (χ1v) is 4.02. The molecule has 0 bridgehead atoms. The van der Waals surface area contributed by atoms with Crippen LogP contribution in [0.25, 0.3) is 6.08 Å². The van der Waals surface area contributed by atoms with Gasteiger partial charge in [-0.15, -0.1) is 5.73 Å². The number of benzene rings is 1. The molecule has 1 aromatic carbocycles. The normalized spacial score (nSPS) is 11.5. The average Bonchev–Trinajstić information content (AvgIpc) is 2.05. The van der Waals surface area contributed by atoms with Crippen LogP contribution in [0, 0.1) is 0 Å². The maximum Gasteiger partial charge on any atom is 0.0270 e. The molecule has 0 fully saturated rings. The SMILES string of the molecule is CC(N)C=C=Cc1ccccc1. The molecule has 0 aliphatic rings. The van der Waals surface area contributed by atoms with Gasteiger partial charge in [-0.1, -0.05) is 30.3 Å². The van der Waals surface area contributed by atoms with E-state index >= 15 is 0 Å². The quantitative estimate of drug-likeness (QED) is 0.658. The Morgan fingerprint density at radius 3 is 2.58 bits per heavy atom. The lowest BCUT2D eigenvalue weighted by molar-refractivity contribution is 0.928. The molecular weight excluding hydrogens is 146 g/mol.